The fourth-order valence-corrected chi connectivity index (χ4v) is 13.3. The van der Waals surface area contributed by atoms with E-state index in [1.165, 1.54) is 21.7 Å². The number of H-pyrrole nitrogens is 3. The van der Waals surface area contributed by atoms with Crippen LogP contribution < -0.4 is 29.1 Å². The Labute approximate surface area is 666 Å². The van der Waals surface area contributed by atoms with Crippen molar-refractivity contribution >= 4 is 62.1 Å². The first kappa shape index (κ1) is 73.7. The number of nitrogens with one attached hydrogen (secondary N) is 3. The number of nitrogens with zero attached hydrogens (tertiary/aromatic N) is 24. The lowest BCUT2D eigenvalue weighted by Crippen LogP contribution is -2.44. The number of hydrogen-bond acceptors (Lipinski definition) is 26. The van der Waals surface area contributed by atoms with Crippen molar-refractivity contribution < 1.29 is 14.3 Å². The third-order valence-electron chi connectivity index (χ3n) is 19.7. The largest absolute Gasteiger partial charge is 0.476 e. The fraction of sp³-hybridized carbons (Fsp3) is 0.209. The zero-order valence-electron chi connectivity index (χ0n) is 64.0. The summed E-state index contributed by atoms with van der Waals surface area (Å²) in [5.41, 5.74) is 17.7. The molecule has 11 aromatic heterocycles. The normalized spacial score (nSPS) is 13.3. The number of hydrogen-bond donors (Lipinski definition) is 3. The van der Waals surface area contributed by atoms with E-state index in [0.717, 1.165) is 117 Å². The maximum atomic E-state index is 11.8. The third kappa shape index (κ3) is 17.5. The number of carbonyl (C=O) groups excluding carboxylic acids is 1. The molecule has 15 heterocycles. The Hall–Kier alpha value is -15.1. The topological polar surface area (TPSA) is 325 Å². The summed E-state index contributed by atoms with van der Waals surface area (Å²) in [6, 6.07) is 39.2. The van der Waals surface area contributed by atoms with Crippen LogP contribution in [0.2, 0.25) is 0 Å². The van der Waals surface area contributed by atoms with Gasteiger partial charge in [-0.25, -0.2) is 69.8 Å². The van der Waals surface area contributed by atoms with Gasteiger partial charge in [0, 0.05) is 186 Å². The number of ether oxygens (including phenoxy) is 2. The molecule has 0 aliphatic carbocycles. The number of aromatic nitrogens is 20. The van der Waals surface area contributed by atoms with Gasteiger partial charge in [-0.2, -0.15) is 15.3 Å². The van der Waals surface area contributed by atoms with Crippen LogP contribution in [0.5, 0.6) is 11.8 Å². The number of pyridine rings is 2. The molecular weight excluding hydrogens is 1460 g/mol. The van der Waals surface area contributed by atoms with E-state index >= 15 is 0 Å². The summed E-state index contributed by atoms with van der Waals surface area (Å²) in [7, 11) is 9.59. The Kier molecular flexibility index (Phi) is 21.3. The minimum Gasteiger partial charge on any atom is -0.476 e. The molecule has 572 valence electrons. The van der Waals surface area contributed by atoms with Crippen molar-refractivity contribution in [2.24, 2.45) is 0 Å². The van der Waals surface area contributed by atoms with Crippen LogP contribution in [0.3, 0.4) is 0 Å². The molecule has 30 heteroatoms. The van der Waals surface area contributed by atoms with E-state index < -0.39 is 0 Å². The van der Waals surface area contributed by atoms with Crippen LogP contribution in [0.15, 0.2) is 189 Å². The predicted molar refractivity (Wildman–Crippen MR) is 438 cm³/mol. The summed E-state index contributed by atoms with van der Waals surface area (Å²) >= 11 is 0. The van der Waals surface area contributed by atoms with Gasteiger partial charge in [0.2, 0.25) is 29.6 Å². The third-order valence-corrected chi connectivity index (χ3v) is 19.7. The van der Waals surface area contributed by atoms with Crippen LogP contribution in [-0.4, -0.2) is 202 Å². The first-order valence-corrected chi connectivity index (χ1v) is 37.5. The maximum absolute atomic E-state index is 11.8. The Morgan fingerprint density at radius 3 is 1.23 bits per heavy atom. The Morgan fingerprint density at radius 1 is 0.397 bits per heavy atom. The molecule has 0 bridgehead atoms. The number of fused-ring (bicyclic) bond motifs is 6. The number of piperazine rings is 1. The Morgan fingerprint density at radius 2 is 0.802 bits per heavy atom. The van der Waals surface area contributed by atoms with Gasteiger partial charge in [0.15, 0.2) is 24.1 Å². The molecule has 1 saturated heterocycles. The van der Waals surface area contributed by atoms with Gasteiger partial charge < -0.3 is 43.8 Å². The standard InChI is InChI=1S/C30H27N9.C28H23N9O2.C28H25N9O/c1-37-12-14-38(15-13-37)26-6-4-22-19-39(20-24(22)17-26)30-32-11-9-28(35-30)29-31-10-8-25(34-29)5-2-21-3-7-27-23(16-21)18-33-36-27;1-36(2)26(38)17-39-25-12-20-15-37(16-21(20)13-31-25)28-30-10-8-24(34-28)27-29-9-7-22(33-27)5-3-18-4-6-23-19(11-18)14-32-35-23;1-36(2)11-12-38-26-14-21-17-37(18-22(21)15-31-26)28-30-10-8-25(34-28)27-29-9-7-23(33-27)5-3-19-4-6-24-20(13-19)16-32-35-24/h3-4,6-11,16-18H,12-15,19-20H2,1H3,(H,33,36);4,6-14H,15-17H2,1-2H3,(H,32,35);4,6-10,13-16H,11-12,17-18H2,1-2H3,(H,32,35). The molecule has 116 heavy (non-hydrogen) atoms. The Balaban J connectivity index is 0.000000125. The average molecular weight is 1530 g/mol. The van der Waals surface area contributed by atoms with E-state index in [1.54, 1.807) is 94.3 Å². The minimum atomic E-state index is -0.128. The van der Waals surface area contributed by atoms with Gasteiger partial charge >= 0.3 is 0 Å². The average Bonchev–Trinajstić information content (AvgIpc) is 1.65. The second kappa shape index (κ2) is 33.5. The molecule has 0 atom stereocenters. The van der Waals surface area contributed by atoms with Crippen molar-refractivity contribution in [3.63, 3.8) is 0 Å². The highest BCUT2D eigenvalue weighted by Crippen LogP contribution is 2.34. The van der Waals surface area contributed by atoms with Gasteiger partial charge in [0.1, 0.15) is 40.8 Å². The summed E-state index contributed by atoms with van der Waals surface area (Å²) < 4.78 is 11.4. The number of benzene rings is 4. The molecule has 15 aromatic rings. The smallest absolute Gasteiger partial charge is 0.260 e. The second-order valence-electron chi connectivity index (χ2n) is 28.4. The predicted octanol–water partition coefficient (Wildman–Crippen LogP) is 9.14. The van der Waals surface area contributed by atoms with Crippen LogP contribution >= 0.6 is 0 Å². The molecule has 4 aliphatic heterocycles. The summed E-state index contributed by atoms with van der Waals surface area (Å²) in [6.07, 6.45) is 19.3. The van der Waals surface area contributed by atoms with Gasteiger partial charge in [0.05, 0.1) is 35.1 Å². The van der Waals surface area contributed by atoms with Gasteiger partial charge in [-0.1, -0.05) is 23.8 Å². The van der Waals surface area contributed by atoms with Crippen LogP contribution in [0.1, 0.15) is 67.2 Å². The number of anilines is 4. The van der Waals surface area contributed by atoms with E-state index in [-0.39, 0.29) is 12.5 Å². The van der Waals surface area contributed by atoms with Crippen LogP contribution in [0.4, 0.5) is 23.5 Å². The highest BCUT2D eigenvalue weighted by molar-refractivity contribution is 5.81. The molecule has 0 saturated carbocycles. The molecule has 19 rings (SSSR count). The molecule has 0 radical (unpaired) electrons. The molecule has 1 fully saturated rings. The molecule has 4 aromatic carbocycles. The lowest BCUT2D eigenvalue weighted by molar-refractivity contribution is -0.130. The molecule has 3 N–H and O–H groups in total. The number of amides is 1. The van der Waals surface area contributed by atoms with Crippen LogP contribution in [0, 0.1) is 35.5 Å². The summed E-state index contributed by atoms with van der Waals surface area (Å²) in [6.45, 7) is 9.82. The summed E-state index contributed by atoms with van der Waals surface area (Å²) in [4.78, 5) is 90.5. The van der Waals surface area contributed by atoms with Crippen molar-refractivity contribution in [3.8, 4) is 81.8 Å². The van der Waals surface area contributed by atoms with E-state index in [2.05, 4.69) is 171 Å². The Bertz CT molecular complexity index is 6360. The van der Waals surface area contributed by atoms with Crippen LogP contribution in [0.25, 0.3) is 67.3 Å². The van der Waals surface area contributed by atoms with Crippen molar-refractivity contribution in [1.82, 2.24) is 115 Å². The minimum absolute atomic E-state index is 0.0588. The monoisotopic (exact) mass is 1530 g/mol. The van der Waals surface area contributed by atoms with Gasteiger partial charge in [-0.15, -0.1) is 0 Å². The van der Waals surface area contributed by atoms with Crippen molar-refractivity contribution in [2.45, 2.75) is 39.3 Å². The van der Waals surface area contributed by atoms with Crippen LogP contribution in [-0.2, 0) is 44.1 Å². The molecule has 30 nitrogen and oxygen atoms in total. The van der Waals surface area contributed by atoms with E-state index in [4.69, 9.17) is 24.4 Å². The van der Waals surface area contributed by atoms with Crippen molar-refractivity contribution in [2.75, 3.05) is 101 Å². The highest BCUT2D eigenvalue weighted by Gasteiger charge is 2.28. The molecular formula is C86H75N27O3. The van der Waals surface area contributed by atoms with E-state index in [0.29, 0.717) is 114 Å². The molecule has 1 amide bonds. The zero-order valence-corrected chi connectivity index (χ0v) is 64.0. The number of likely N-dealkylation sites (N-methyl/N-ethyl adjacent to an activating group) is 3. The summed E-state index contributed by atoms with van der Waals surface area (Å²) in [5, 5.41) is 24.0. The first-order valence-electron chi connectivity index (χ1n) is 37.5. The lowest BCUT2D eigenvalue weighted by atomic mass is 10.1. The van der Waals surface area contributed by atoms with Gasteiger partial charge in [-0.05, 0) is 175 Å². The fourth-order valence-electron chi connectivity index (χ4n) is 13.3. The van der Waals surface area contributed by atoms with Gasteiger partial charge in [0.25, 0.3) is 5.91 Å². The van der Waals surface area contributed by atoms with Crippen molar-refractivity contribution in [1.29, 1.82) is 0 Å². The molecule has 0 spiro atoms. The number of rotatable bonds is 14. The van der Waals surface area contributed by atoms with Crippen molar-refractivity contribution in [3.05, 3.63) is 257 Å². The maximum Gasteiger partial charge on any atom is 0.260 e. The van der Waals surface area contributed by atoms with Gasteiger partial charge in [-0.3, -0.25) is 20.1 Å². The molecule has 4 aliphatic rings. The molecule has 0 unspecified atom stereocenters. The highest BCUT2D eigenvalue weighted by atomic mass is 16.5. The van der Waals surface area contributed by atoms with E-state index in [9.17, 15) is 4.79 Å². The number of aromatic amines is 3. The van der Waals surface area contributed by atoms with E-state index in [1.807, 2.05) is 110 Å². The second-order valence-corrected chi connectivity index (χ2v) is 28.4. The SMILES string of the molecule is CN(C)C(=O)COc1cc2c(cn1)CN(c1nccc(-c3nccc(C#Cc4ccc5[nH]ncc5c4)n3)n1)C2.CN(C)CCOc1cc2c(cn1)CN(c1nccc(-c3nccc(C#Cc4ccc5[nH]ncc5c4)n3)n1)C2.CN1CCN(c2ccc3c(c2)CN(c2nccc(-c4nccc(C#Cc5ccc6[nH]ncc6c5)n4)n2)C3)CC1. The lowest BCUT2D eigenvalue weighted by Gasteiger charge is -2.34. The first-order chi connectivity index (χ1) is 56.8. The summed E-state index contributed by atoms with van der Waals surface area (Å²) in [5.74, 6) is 23.2. The number of carbonyl (C=O) groups is 1. The zero-order chi connectivity index (χ0) is 78.9. The quantitative estimate of drug-likeness (QED) is 0.0854.